The van der Waals surface area contributed by atoms with E-state index in [4.69, 9.17) is 18.3 Å². The molecule has 0 aliphatic carbocycles. The summed E-state index contributed by atoms with van der Waals surface area (Å²) in [7, 11) is -1.88. The first-order chi connectivity index (χ1) is 12.7. The third kappa shape index (κ3) is 17.5. The molecule has 0 heterocycles. The minimum absolute atomic E-state index is 0.779. The van der Waals surface area contributed by atoms with Crippen molar-refractivity contribution in [3.05, 3.63) is 0 Å². The molecular weight excluding hydrogens is 344 g/mol. The Morgan fingerprint density at radius 1 is 0.500 bits per heavy atom. The molecule has 5 heteroatoms. The second-order valence-electron chi connectivity index (χ2n) is 7.09. The van der Waals surface area contributed by atoms with Gasteiger partial charge in [-0.25, -0.2) is 0 Å². The summed E-state index contributed by atoms with van der Waals surface area (Å²) in [6.45, 7) is 13.3. The minimum Gasteiger partial charge on any atom is -0.395 e. The quantitative estimate of drug-likeness (QED) is 0.176. The van der Waals surface area contributed by atoms with Crippen LogP contribution in [0.3, 0.4) is 0 Å². The lowest BCUT2D eigenvalue weighted by atomic mass is 10.1. The first kappa shape index (κ1) is 26.1. The van der Waals surface area contributed by atoms with Crippen molar-refractivity contribution in [3.8, 4) is 0 Å². The van der Waals surface area contributed by atoms with E-state index >= 15 is 0 Å². The van der Waals surface area contributed by atoms with Gasteiger partial charge < -0.3 is 18.3 Å². The number of rotatable bonds is 21. The van der Waals surface area contributed by atoms with Gasteiger partial charge in [0.1, 0.15) is 0 Å². The van der Waals surface area contributed by atoms with Crippen molar-refractivity contribution in [2.24, 2.45) is 0 Å². The number of hydrogen-bond donors (Lipinski definition) is 0. The van der Waals surface area contributed by atoms with E-state index in [-0.39, 0.29) is 0 Å². The highest BCUT2D eigenvalue weighted by atomic mass is 28.4. The fourth-order valence-corrected chi connectivity index (χ4v) is 5.68. The lowest BCUT2D eigenvalue weighted by Crippen LogP contribution is -2.38. The maximum atomic E-state index is 5.89. The molecule has 0 saturated carbocycles. The van der Waals surface area contributed by atoms with E-state index in [9.17, 15) is 0 Å². The third-order valence-corrected chi connectivity index (χ3v) is 7.66. The van der Waals surface area contributed by atoms with Crippen molar-refractivity contribution >= 4 is 8.56 Å². The summed E-state index contributed by atoms with van der Waals surface area (Å²) in [5, 5.41) is 0. The second kappa shape index (κ2) is 19.8. The SMILES string of the molecule is CCOCCCOCCCCCCCCCCC[Si](C)(OCC)OCC. The molecule has 0 aliphatic rings. The van der Waals surface area contributed by atoms with Crippen LogP contribution in [0.15, 0.2) is 0 Å². The van der Waals surface area contributed by atoms with Crippen LogP contribution in [0, 0.1) is 0 Å². The Morgan fingerprint density at radius 3 is 1.50 bits per heavy atom. The molecule has 0 bridgehead atoms. The summed E-state index contributed by atoms with van der Waals surface area (Å²) in [4.78, 5) is 0. The van der Waals surface area contributed by atoms with Crippen molar-refractivity contribution in [3.63, 3.8) is 0 Å². The molecule has 0 unspecified atom stereocenters. The Bertz CT molecular complexity index is 271. The summed E-state index contributed by atoms with van der Waals surface area (Å²) >= 11 is 0. The molecule has 0 radical (unpaired) electrons. The zero-order valence-electron chi connectivity index (χ0n) is 18.2. The number of unbranched alkanes of at least 4 members (excludes halogenated alkanes) is 8. The molecule has 0 aromatic heterocycles. The number of hydrogen-bond acceptors (Lipinski definition) is 4. The molecule has 0 atom stereocenters. The first-order valence-electron chi connectivity index (χ1n) is 11.1. The average Bonchev–Trinajstić information content (AvgIpc) is 2.62. The van der Waals surface area contributed by atoms with Crippen LogP contribution in [0.5, 0.6) is 0 Å². The maximum absolute atomic E-state index is 5.89. The molecule has 4 nitrogen and oxygen atoms in total. The van der Waals surface area contributed by atoms with Crippen molar-refractivity contribution < 1.29 is 18.3 Å². The summed E-state index contributed by atoms with van der Waals surface area (Å²) in [6, 6.07) is 1.14. The summed E-state index contributed by atoms with van der Waals surface area (Å²) in [5.41, 5.74) is 0. The van der Waals surface area contributed by atoms with E-state index in [0.717, 1.165) is 52.1 Å². The molecule has 0 fully saturated rings. The summed E-state index contributed by atoms with van der Waals surface area (Å²) in [6.07, 6.45) is 12.9. The van der Waals surface area contributed by atoms with E-state index in [1.807, 2.05) is 6.92 Å². The van der Waals surface area contributed by atoms with Gasteiger partial charge >= 0.3 is 8.56 Å². The van der Waals surface area contributed by atoms with Crippen molar-refractivity contribution in [1.29, 1.82) is 0 Å². The van der Waals surface area contributed by atoms with Gasteiger partial charge in [-0.2, -0.15) is 0 Å². The van der Waals surface area contributed by atoms with Gasteiger partial charge in [0.25, 0.3) is 0 Å². The van der Waals surface area contributed by atoms with Gasteiger partial charge in [0, 0.05) is 39.6 Å². The molecular formula is C21H46O4Si. The molecule has 0 aromatic rings. The fourth-order valence-electron chi connectivity index (χ4n) is 3.19. The van der Waals surface area contributed by atoms with Gasteiger partial charge in [-0.1, -0.05) is 51.4 Å². The Labute approximate surface area is 164 Å². The Balaban J connectivity index is 3.26. The lowest BCUT2D eigenvalue weighted by molar-refractivity contribution is 0.0860. The molecule has 0 amide bonds. The standard InChI is InChI=1S/C21H46O4Si/c1-5-22-19-17-20-23-18-15-13-11-9-8-10-12-14-16-21-26(4,24-6-2)25-7-3/h5-21H2,1-4H3. The smallest absolute Gasteiger partial charge is 0.334 e. The van der Waals surface area contributed by atoms with Crippen molar-refractivity contribution in [1.82, 2.24) is 0 Å². The Hall–Kier alpha value is 0.0569. The molecule has 0 N–H and O–H groups in total. The monoisotopic (exact) mass is 390 g/mol. The average molecular weight is 391 g/mol. The van der Waals surface area contributed by atoms with Gasteiger partial charge in [0.2, 0.25) is 0 Å². The van der Waals surface area contributed by atoms with E-state index in [2.05, 4.69) is 20.4 Å². The van der Waals surface area contributed by atoms with Gasteiger partial charge in [0.05, 0.1) is 0 Å². The van der Waals surface area contributed by atoms with Crippen LogP contribution in [0.25, 0.3) is 0 Å². The van der Waals surface area contributed by atoms with Crippen LogP contribution in [0.4, 0.5) is 0 Å². The third-order valence-electron chi connectivity index (χ3n) is 4.60. The second-order valence-corrected chi connectivity index (χ2v) is 10.4. The lowest BCUT2D eigenvalue weighted by Gasteiger charge is -2.25. The largest absolute Gasteiger partial charge is 0.395 e. The van der Waals surface area contributed by atoms with Crippen LogP contribution < -0.4 is 0 Å². The van der Waals surface area contributed by atoms with Crippen LogP contribution in [0.2, 0.25) is 12.6 Å². The highest BCUT2D eigenvalue weighted by molar-refractivity contribution is 6.66. The van der Waals surface area contributed by atoms with Gasteiger partial charge in [-0.05, 0) is 46.2 Å². The molecule has 0 aromatic carbocycles. The van der Waals surface area contributed by atoms with Gasteiger partial charge in [-0.3, -0.25) is 0 Å². The first-order valence-corrected chi connectivity index (χ1v) is 13.6. The van der Waals surface area contributed by atoms with Crippen LogP contribution in [0.1, 0.15) is 85.0 Å². The van der Waals surface area contributed by atoms with Crippen LogP contribution >= 0.6 is 0 Å². The van der Waals surface area contributed by atoms with Crippen molar-refractivity contribution in [2.75, 3.05) is 39.6 Å². The van der Waals surface area contributed by atoms with E-state index in [1.165, 1.54) is 57.8 Å². The molecule has 0 saturated heterocycles. The zero-order chi connectivity index (χ0) is 19.3. The molecule has 0 spiro atoms. The van der Waals surface area contributed by atoms with Gasteiger partial charge in [-0.15, -0.1) is 0 Å². The topological polar surface area (TPSA) is 36.9 Å². The van der Waals surface area contributed by atoms with Crippen molar-refractivity contribution in [2.45, 2.75) is 97.6 Å². The van der Waals surface area contributed by atoms with Crippen LogP contribution in [-0.2, 0) is 18.3 Å². The molecule has 0 aliphatic heterocycles. The Kier molecular flexibility index (Phi) is 19.9. The summed E-state index contributed by atoms with van der Waals surface area (Å²) < 4.78 is 22.7. The zero-order valence-corrected chi connectivity index (χ0v) is 19.2. The van der Waals surface area contributed by atoms with E-state index in [0.29, 0.717) is 0 Å². The number of ether oxygens (including phenoxy) is 2. The maximum Gasteiger partial charge on any atom is 0.334 e. The van der Waals surface area contributed by atoms with E-state index in [1.54, 1.807) is 0 Å². The highest BCUT2D eigenvalue weighted by Crippen LogP contribution is 2.19. The van der Waals surface area contributed by atoms with E-state index < -0.39 is 8.56 Å². The molecule has 0 rings (SSSR count). The highest BCUT2D eigenvalue weighted by Gasteiger charge is 2.29. The predicted octanol–water partition coefficient (Wildman–Crippen LogP) is 6.09. The fraction of sp³-hybridized carbons (Fsp3) is 1.00. The predicted molar refractivity (Wildman–Crippen MR) is 113 cm³/mol. The summed E-state index contributed by atoms with van der Waals surface area (Å²) in [5.74, 6) is 0. The minimum atomic E-state index is -1.88. The Morgan fingerprint density at radius 2 is 0.962 bits per heavy atom. The van der Waals surface area contributed by atoms with Gasteiger partial charge in [0.15, 0.2) is 0 Å². The normalized spacial score (nSPS) is 12.0. The molecule has 158 valence electrons. The molecule has 26 heavy (non-hydrogen) atoms. The van der Waals surface area contributed by atoms with Crippen LogP contribution in [-0.4, -0.2) is 48.2 Å².